The molecule has 0 atom stereocenters. The molecule has 2 rings (SSSR count). The fourth-order valence-corrected chi connectivity index (χ4v) is 2.18. The summed E-state index contributed by atoms with van der Waals surface area (Å²) >= 11 is 5.44. The molecule has 0 saturated carbocycles. The first-order valence-electron chi connectivity index (χ1n) is 6.49. The molecular formula is C15H17ClFNO. The van der Waals surface area contributed by atoms with Crippen LogP contribution in [0.15, 0.2) is 18.2 Å². The molecule has 0 aliphatic carbocycles. The predicted molar refractivity (Wildman–Crippen MR) is 75.2 cm³/mol. The molecule has 1 saturated heterocycles. The zero-order valence-corrected chi connectivity index (χ0v) is 11.5. The van der Waals surface area contributed by atoms with Gasteiger partial charge in [-0.2, -0.15) is 0 Å². The van der Waals surface area contributed by atoms with Crippen LogP contribution >= 0.6 is 11.6 Å². The third kappa shape index (κ3) is 4.41. The van der Waals surface area contributed by atoms with Crippen LogP contribution in [0.1, 0.15) is 18.4 Å². The van der Waals surface area contributed by atoms with Crippen LogP contribution in [0.25, 0.3) is 0 Å². The minimum Gasteiger partial charge on any atom is -0.492 e. The van der Waals surface area contributed by atoms with E-state index < -0.39 is 0 Å². The lowest BCUT2D eigenvalue weighted by molar-refractivity contribution is 0.237. The highest BCUT2D eigenvalue weighted by Crippen LogP contribution is 2.16. The van der Waals surface area contributed by atoms with Crippen molar-refractivity contribution in [2.45, 2.75) is 12.8 Å². The molecule has 1 heterocycles. The maximum absolute atomic E-state index is 13.7. The minimum absolute atomic E-state index is 0.202. The number of nitrogens with zero attached hydrogens (tertiary/aromatic N) is 1. The van der Waals surface area contributed by atoms with Crippen molar-refractivity contribution >= 4 is 11.6 Å². The number of rotatable bonds is 4. The van der Waals surface area contributed by atoms with Crippen LogP contribution in [-0.4, -0.2) is 37.0 Å². The van der Waals surface area contributed by atoms with E-state index in [1.807, 2.05) is 0 Å². The molecule has 0 unspecified atom stereocenters. The second-order valence-corrected chi connectivity index (χ2v) is 4.74. The fraction of sp³-hybridized carbons (Fsp3) is 0.467. The first kappa shape index (κ1) is 14.2. The first-order chi connectivity index (χ1) is 9.29. The highest BCUT2D eigenvalue weighted by Gasteiger charge is 2.11. The number of alkyl halides is 1. The molecule has 1 fully saturated rings. The lowest BCUT2D eigenvalue weighted by atomic mass is 10.2. The average molecular weight is 282 g/mol. The molecule has 0 amide bonds. The van der Waals surface area contributed by atoms with Crippen LogP contribution in [0.4, 0.5) is 4.39 Å². The quantitative estimate of drug-likeness (QED) is 0.622. The van der Waals surface area contributed by atoms with E-state index in [2.05, 4.69) is 16.7 Å². The van der Waals surface area contributed by atoms with E-state index in [1.165, 1.54) is 18.9 Å². The van der Waals surface area contributed by atoms with Crippen LogP contribution in [0, 0.1) is 17.7 Å². The van der Waals surface area contributed by atoms with E-state index in [0.29, 0.717) is 17.9 Å². The smallest absolute Gasteiger partial charge is 0.142 e. The Bertz CT molecular complexity index is 475. The molecule has 1 aliphatic rings. The minimum atomic E-state index is -0.365. The maximum atomic E-state index is 13.7. The Labute approximate surface area is 118 Å². The molecule has 1 aromatic carbocycles. The van der Waals surface area contributed by atoms with Crippen LogP contribution in [0.2, 0.25) is 0 Å². The number of benzene rings is 1. The molecule has 0 bridgehead atoms. The fourth-order valence-electron chi connectivity index (χ4n) is 2.11. The third-order valence-corrected chi connectivity index (χ3v) is 3.24. The van der Waals surface area contributed by atoms with Gasteiger partial charge in [0.25, 0.3) is 0 Å². The normalized spacial score (nSPS) is 15.1. The second kappa shape index (κ2) is 7.37. The van der Waals surface area contributed by atoms with Gasteiger partial charge in [0.05, 0.1) is 11.4 Å². The number of ether oxygens (including phenoxy) is 1. The van der Waals surface area contributed by atoms with Crippen LogP contribution in [0.5, 0.6) is 5.75 Å². The van der Waals surface area contributed by atoms with Crippen LogP contribution in [-0.2, 0) is 0 Å². The molecule has 1 aromatic rings. The van der Waals surface area contributed by atoms with Crippen molar-refractivity contribution in [1.29, 1.82) is 0 Å². The van der Waals surface area contributed by atoms with Crippen LogP contribution in [0.3, 0.4) is 0 Å². The highest BCUT2D eigenvalue weighted by atomic mass is 35.5. The molecule has 0 aromatic heterocycles. The van der Waals surface area contributed by atoms with E-state index in [1.54, 1.807) is 12.1 Å². The summed E-state index contributed by atoms with van der Waals surface area (Å²) in [6, 6.07) is 4.74. The van der Waals surface area contributed by atoms with E-state index in [4.69, 9.17) is 16.3 Å². The van der Waals surface area contributed by atoms with Crippen molar-refractivity contribution in [2.75, 3.05) is 32.1 Å². The zero-order chi connectivity index (χ0) is 13.5. The Hall–Kier alpha value is -1.24. The topological polar surface area (TPSA) is 12.5 Å². The molecule has 19 heavy (non-hydrogen) atoms. The lowest BCUT2D eigenvalue weighted by Crippen LogP contribution is -2.25. The standard InChI is InChI=1S/C15H17ClFNO/c16-7-3-4-13-5-6-14(12-15(13)17)19-11-10-18-8-1-2-9-18/h5-6,12H,1-2,7-11H2. The summed E-state index contributed by atoms with van der Waals surface area (Å²) in [7, 11) is 0. The van der Waals surface area contributed by atoms with Crippen molar-refractivity contribution in [3.05, 3.63) is 29.6 Å². The molecule has 0 spiro atoms. The van der Waals surface area contributed by atoms with Gasteiger partial charge in [-0.25, -0.2) is 4.39 Å². The molecule has 2 nitrogen and oxygen atoms in total. The van der Waals surface area contributed by atoms with Gasteiger partial charge in [0.1, 0.15) is 18.2 Å². The van der Waals surface area contributed by atoms with Gasteiger partial charge in [-0.1, -0.05) is 11.8 Å². The van der Waals surface area contributed by atoms with Gasteiger partial charge < -0.3 is 4.74 Å². The lowest BCUT2D eigenvalue weighted by Gasteiger charge is -2.14. The third-order valence-electron chi connectivity index (χ3n) is 3.11. The number of hydrogen-bond donors (Lipinski definition) is 0. The molecule has 0 radical (unpaired) electrons. The van der Waals surface area contributed by atoms with E-state index in [0.717, 1.165) is 19.6 Å². The molecule has 4 heteroatoms. The van der Waals surface area contributed by atoms with E-state index in [-0.39, 0.29) is 11.7 Å². The van der Waals surface area contributed by atoms with Gasteiger partial charge >= 0.3 is 0 Å². The Kier molecular flexibility index (Phi) is 5.50. The van der Waals surface area contributed by atoms with Gasteiger partial charge in [-0.15, -0.1) is 11.6 Å². The van der Waals surface area contributed by atoms with Gasteiger partial charge in [0, 0.05) is 12.6 Å². The van der Waals surface area contributed by atoms with Crippen LogP contribution < -0.4 is 4.74 Å². The first-order valence-corrected chi connectivity index (χ1v) is 7.02. The highest BCUT2D eigenvalue weighted by molar-refractivity contribution is 6.19. The van der Waals surface area contributed by atoms with Crippen molar-refractivity contribution in [1.82, 2.24) is 4.90 Å². The largest absolute Gasteiger partial charge is 0.492 e. The Balaban J connectivity index is 1.85. The Morgan fingerprint density at radius 3 is 2.79 bits per heavy atom. The maximum Gasteiger partial charge on any atom is 0.142 e. The SMILES string of the molecule is Fc1cc(OCCN2CCCC2)ccc1C#CCCl. The predicted octanol–water partition coefficient (Wildman–Crippen LogP) is 2.89. The summed E-state index contributed by atoms with van der Waals surface area (Å²) in [5, 5.41) is 0. The van der Waals surface area contributed by atoms with E-state index in [9.17, 15) is 4.39 Å². The molecule has 102 valence electrons. The van der Waals surface area contributed by atoms with Gasteiger partial charge in [-0.3, -0.25) is 4.90 Å². The summed E-state index contributed by atoms with van der Waals surface area (Å²) < 4.78 is 19.2. The summed E-state index contributed by atoms with van der Waals surface area (Å²) in [6.45, 7) is 3.77. The summed E-state index contributed by atoms with van der Waals surface area (Å²) in [4.78, 5) is 2.36. The average Bonchev–Trinajstić information content (AvgIpc) is 2.91. The Morgan fingerprint density at radius 1 is 1.32 bits per heavy atom. The summed E-state index contributed by atoms with van der Waals surface area (Å²) in [5.74, 6) is 5.69. The van der Waals surface area contributed by atoms with Gasteiger partial charge in [0.15, 0.2) is 0 Å². The van der Waals surface area contributed by atoms with Gasteiger partial charge in [-0.05, 0) is 38.1 Å². The van der Waals surface area contributed by atoms with Gasteiger partial charge in [0.2, 0.25) is 0 Å². The molecular weight excluding hydrogens is 265 g/mol. The second-order valence-electron chi connectivity index (χ2n) is 4.47. The van der Waals surface area contributed by atoms with Crippen molar-refractivity contribution < 1.29 is 9.13 Å². The van der Waals surface area contributed by atoms with E-state index >= 15 is 0 Å². The number of halogens is 2. The number of hydrogen-bond acceptors (Lipinski definition) is 2. The van der Waals surface area contributed by atoms with Crippen molar-refractivity contribution in [3.63, 3.8) is 0 Å². The summed E-state index contributed by atoms with van der Waals surface area (Å²) in [5.41, 5.74) is 0.354. The number of likely N-dealkylation sites (tertiary alicyclic amines) is 1. The van der Waals surface area contributed by atoms with Crippen molar-refractivity contribution in [2.24, 2.45) is 0 Å². The molecule has 0 N–H and O–H groups in total. The zero-order valence-electron chi connectivity index (χ0n) is 10.8. The summed E-state index contributed by atoms with van der Waals surface area (Å²) in [6.07, 6.45) is 2.53. The Morgan fingerprint density at radius 2 is 2.11 bits per heavy atom. The monoisotopic (exact) mass is 281 g/mol. The van der Waals surface area contributed by atoms with Crippen molar-refractivity contribution in [3.8, 4) is 17.6 Å². The molecule has 1 aliphatic heterocycles.